The number of carbonyl (C=O) groups excluding carboxylic acids is 1. The molecule has 0 aromatic carbocycles. The van der Waals surface area contributed by atoms with Gasteiger partial charge in [-0.2, -0.15) is 0 Å². The number of rotatable bonds is 4. The van der Waals surface area contributed by atoms with Crippen LogP contribution in [0.4, 0.5) is 0 Å². The van der Waals surface area contributed by atoms with Crippen LogP contribution in [0, 0.1) is 23.2 Å². The fourth-order valence-corrected chi connectivity index (χ4v) is 5.14. The number of fused-ring (bicyclic) bond motifs is 2. The molecule has 2 heterocycles. The molecular formula is C21H28N2O2. The van der Waals surface area contributed by atoms with Crippen molar-refractivity contribution in [3.63, 3.8) is 0 Å². The van der Waals surface area contributed by atoms with Gasteiger partial charge in [0.05, 0.1) is 11.6 Å². The molecule has 3 aliphatic rings. The lowest BCUT2D eigenvalue weighted by Crippen LogP contribution is -2.40. The Labute approximate surface area is 150 Å². The van der Waals surface area contributed by atoms with Crippen molar-refractivity contribution in [2.75, 3.05) is 6.54 Å². The zero-order valence-corrected chi connectivity index (χ0v) is 15.2. The van der Waals surface area contributed by atoms with Crippen molar-refractivity contribution >= 4 is 5.97 Å². The Morgan fingerprint density at radius 1 is 1.40 bits per heavy atom. The number of nitrogens with zero attached hydrogens (tertiary/aromatic N) is 1. The van der Waals surface area contributed by atoms with Crippen molar-refractivity contribution in [1.29, 1.82) is 0 Å². The highest BCUT2D eigenvalue weighted by molar-refractivity contribution is 5.76. The Hall–Kier alpha value is -1.68. The number of carbonyl (C=O) groups is 1. The van der Waals surface area contributed by atoms with E-state index in [0.29, 0.717) is 19.0 Å². The molecule has 0 amide bonds. The lowest BCUT2D eigenvalue weighted by Gasteiger charge is -2.46. The van der Waals surface area contributed by atoms with Crippen molar-refractivity contribution in [3.8, 4) is 0 Å². The highest BCUT2D eigenvalue weighted by atomic mass is 16.6. The van der Waals surface area contributed by atoms with Gasteiger partial charge in [0.25, 0.3) is 0 Å². The second-order valence-corrected chi connectivity index (χ2v) is 8.29. The lowest BCUT2D eigenvalue weighted by molar-refractivity contribution is -0.145. The van der Waals surface area contributed by atoms with Crippen LogP contribution in [0.5, 0.6) is 0 Å². The summed E-state index contributed by atoms with van der Waals surface area (Å²) in [6.07, 6.45) is 9.06. The van der Waals surface area contributed by atoms with Crippen molar-refractivity contribution in [3.05, 3.63) is 41.7 Å². The second-order valence-electron chi connectivity index (χ2n) is 8.29. The van der Waals surface area contributed by atoms with Gasteiger partial charge in [-0.1, -0.05) is 38.0 Å². The van der Waals surface area contributed by atoms with E-state index in [1.54, 1.807) is 11.8 Å². The number of pyridine rings is 1. The van der Waals surface area contributed by atoms with Gasteiger partial charge in [-0.05, 0) is 42.7 Å². The van der Waals surface area contributed by atoms with Crippen LogP contribution in [0.25, 0.3) is 0 Å². The molecule has 134 valence electrons. The molecule has 2 fully saturated rings. The molecule has 5 atom stereocenters. The Balaban J connectivity index is 1.47. The molecule has 1 N–H and O–H groups in total. The lowest BCUT2D eigenvalue weighted by atomic mass is 9.59. The average molecular weight is 340 g/mol. The number of nitrogens with one attached hydrogen (secondary N) is 1. The van der Waals surface area contributed by atoms with Crippen molar-refractivity contribution in [2.24, 2.45) is 23.2 Å². The molecule has 0 unspecified atom stereocenters. The smallest absolute Gasteiger partial charge is 0.311 e. The maximum absolute atomic E-state index is 12.5. The van der Waals surface area contributed by atoms with Crippen molar-refractivity contribution in [1.82, 2.24) is 10.3 Å². The molecule has 4 heteroatoms. The number of hydrogen-bond acceptors (Lipinski definition) is 4. The van der Waals surface area contributed by atoms with E-state index in [1.165, 1.54) is 19.3 Å². The number of aromatic nitrogens is 1. The minimum atomic E-state index is -0.0695. The van der Waals surface area contributed by atoms with Gasteiger partial charge in [0, 0.05) is 25.2 Å². The van der Waals surface area contributed by atoms with E-state index < -0.39 is 0 Å². The van der Waals surface area contributed by atoms with Crippen LogP contribution in [0.1, 0.15) is 45.2 Å². The maximum atomic E-state index is 12.5. The van der Waals surface area contributed by atoms with Gasteiger partial charge in [0.15, 0.2) is 0 Å². The van der Waals surface area contributed by atoms with Gasteiger partial charge in [-0.25, -0.2) is 0 Å². The monoisotopic (exact) mass is 340 g/mol. The predicted molar refractivity (Wildman–Crippen MR) is 96.6 cm³/mol. The molecule has 1 saturated heterocycles. The molecule has 1 aromatic heterocycles. The minimum absolute atomic E-state index is 0.0322. The van der Waals surface area contributed by atoms with Gasteiger partial charge in [0.2, 0.25) is 0 Å². The highest BCUT2D eigenvalue weighted by Crippen LogP contribution is 2.53. The first kappa shape index (κ1) is 16.8. The molecule has 1 saturated carbocycles. The Bertz CT molecular complexity index is 672. The number of esters is 1. The SMILES string of the molecule is C[C@@H]1CCC[C@@]2(C)C[C@H]3OC(=O)[C@@H](CNCc4ccccn4)[C@@H]3C=C12. The van der Waals surface area contributed by atoms with Gasteiger partial charge in [-0.15, -0.1) is 0 Å². The summed E-state index contributed by atoms with van der Waals surface area (Å²) in [5, 5.41) is 3.41. The minimum Gasteiger partial charge on any atom is -0.461 e. The van der Waals surface area contributed by atoms with Crippen LogP contribution < -0.4 is 5.32 Å². The second kappa shape index (κ2) is 6.56. The van der Waals surface area contributed by atoms with Crippen LogP contribution >= 0.6 is 0 Å². The summed E-state index contributed by atoms with van der Waals surface area (Å²) in [5.74, 6) is 0.764. The number of ether oxygens (including phenoxy) is 1. The standard InChI is InChI=1S/C21H28N2O2/c1-14-6-5-8-21(2)11-19-16(10-18(14)21)17(20(24)25-19)13-22-12-15-7-3-4-9-23-15/h3-4,7,9-10,14,16-17,19,22H,5-6,8,11-13H2,1-2H3/t14-,16+,17+,19-,21+/m1/s1. The normalized spacial score (nSPS) is 37.0. The Morgan fingerprint density at radius 3 is 3.08 bits per heavy atom. The van der Waals surface area contributed by atoms with Gasteiger partial charge < -0.3 is 10.1 Å². The topological polar surface area (TPSA) is 51.2 Å². The van der Waals surface area contributed by atoms with E-state index in [2.05, 4.69) is 30.2 Å². The molecule has 0 radical (unpaired) electrons. The third-order valence-corrected chi connectivity index (χ3v) is 6.48. The molecular weight excluding hydrogens is 312 g/mol. The van der Waals surface area contributed by atoms with E-state index in [1.807, 2.05) is 18.2 Å². The van der Waals surface area contributed by atoms with E-state index in [-0.39, 0.29) is 29.3 Å². The number of allylic oxidation sites excluding steroid dienone is 1. The van der Waals surface area contributed by atoms with Crippen LogP contribution in [-0.2, 0) is 16.1 Å². The first-order chi connectivity index (χ1) is 12.1. The molecule has 4 rings (SSSR count). The van der Waals surface area contributed by atoms with Gasteiger partial charge in [0.1, 0.15) is 6.10 Å². The molecule has 1 aliphatic heterocycles. The Kier molecular flexibility index (Phi) is 4.40. The van der Waals surface area contributed by atoms with Crippen molar-refractivity contribution < 1.29 is 9.53 Å². The molecule has 2 aliphatic carbocycles. The average Bonchev–Trinajstić information content (AvgIpc) is 2.88. The van der Waals surface area contributed by atoms with Crippen LogP contribution in [0.15, 0.2) is 36.0 Å². The summed E-state index contributed by atoms with van der Waals surface area (Å²) in [5.41, 5.74) is 2.81. The molecule has 0 bridgehead atoms. The Morgan fingerprint density at radius 2 is 2.28 bits per heavy atom. The maximum Gasteiger partial charge on any atom is 0.311 e. The summed E-state index contributed by atoms with van der Waals surface area (Å²) < 4.78 is 5.79. The van der Waals surface area contributed by atoms with E-state index in [0.717, 1.165) is 12.1 Å². The quantitative estimate of drug-likeness (QED) is 0.673. The van der Waals surface area contributed by atoms with Gasteiger partial charge >= 0.3 is 5.97 Å². The summed E-state index contributed by atoms with van der Waals surface area (Å²) >= 11 is 0. The van der Waals surface area contributed by atoms with Crippen LogP contribution in [0.2, 0.25) is 0 Å². The van der Waals surface area contributed by atoms with Crippen LogP contribution in [-0.4, -0.2) is 23.6 Å². The molecule has 4 nitrogen and oxygen atoms in total. The van der Waals surface area contributed by atoms with E-state index in [4.69, 9.17) is 4.74 Å². The summed E-state index contributed by atoms with van der Waals surface area (Å²) in [6, 6.07) is 5.90. The fourth-order valence-electron chi connectivity index (χ4n) is 5.14. The van der Waals surface area contributed by atoms with E-state index in [9.17, 15) is 4.79 Å². The zero-order chi connectivity index (χ0) is 17.4. The molecule has 25 heavy (non-hydrogen) atoms. The van der Waals surface area contributed by atoms with E-state index >= 15 is 0 Å². The number of hydrogen-bond donors (Lipinski definition) is 1. The highest BCUT2D eigenvalue weighted by Gasteiger charge is 2.51. The van der Waals surface area contributed by atoms with Gasteiger partial charge in [-0.3, -0.25) is 9.78 Å². The summed E-state index contributed by atoms with van der Waals surface area (Å²) in [6.45, 7) is 6.05. The largest absolute Gasteiger partial charge is 0.461 e. The predicted octanol–water partition coefficient (Wildman–Crippen LogP) is 3.49. The molecule has 0 spiro atoms. The third-order valence-electron chi connectivity index (χ3n) is 6.48. The zero-order valence-electron chi connectivity index (χ0n) is 15.2. The first-order valence-electron chi connectivity index (χ1n) is 9.60. The molecule has 1 aromatic rings. The van der Waals surface area contributed by atoms with Crippen LogP contribution in [0.3, 0.4) is 0 Å². The van der Waals surface area contributed by atoms with Crippen molar-refractivity contribution in [2.45, 2.75) is 52.2 Å². The summed E-state index contributed by atoms with van der Waals surface area (Å²) in [4.78, 5) is 16.8. The summed E-state index contributed by atoms with van der Waals surface area (Å²) in [7, 11) is 0. The first-order valence-corrected chi connectivity index (χ1v) is 9.60. The fraction of sp³-hybridized carbons (Fsp3) is 0.619. The third kappa shape index (κ3) is 3.12.